The predicted molar refractivity (Wildman–Crippen MR) is 153 cm³/mol. The van der Waals surface area contributed by atoms with Crippen LogP contribution in [0.2, 0.25) is 0 Å². The molecule has 1 aliphatic rings. The van der Waals surface area contributed by atoms with Crippen LogP contribution in [0.15, 0.2) is 18.2 Å². The summed E-state index contributed by atoms with van der Waals surface area (Å²) >= 11 is 0. The van der Waals surface area contributed by atoms with Crippen molar-refractivity contribution in [2.24, 2.45) is 5.92 Å². The molecular weight excluding hydrogens is 478 g/mol. The van der Waals surface area contributed by atoms with E-state index in [1.807, 2.05) is 66.7 Å². The summed E-state index contributed by atoms with van der Waals surface area (Å²) in [4.78, 5) is 43.1. The molecule has 2 atom stereocenters. The highest BCUT2D eigenvalue weighted by Crippen LogP contribution is 2.34. The summed E-state index contributed by atoms with van der Waals surface area (Å²) in [6.07, 6.45) is 5.06. The van der Waals surface area contributed by atoms with Crippen LogP contribution in [0.4, 0.5) is 4.79 Å². The van der Waals surface area contributed by atoms with Gasteiger partial charge in [0.15, 0.2) is 0 Å². The Labute approximate surface area is 230 Å². The second-order valence-corrected chi connectivity index (χ2v) is 13.3. The number of hydrogen-bond acceptors (Lipinski definition) is 4. The predicted octanol–water partition coefficient (Wildman–Crippen LogP) is 6.36. The summed E-state index contributed by atoms with van der Waals surface area (Å²) in [5, 5.41) is 6.12. The van der Waals surface area contributed by atoms with Crippen molar-refractivity contribution < 1.29 is 19.1 Å². The van der Waals surface area contributed by atoms with Crippen molar-refractivity contribution in [1.29, 1.82) is 0 Å². The largest absolute Gasteiger partial charge is 0.444 e. The molecule has 2 unspecified atom stereocenters. The van der Waals surface area contributed by atoms with Crippen molar-refractivity contribution in [3.8, 4) is 0 Å². The Bertz CT molecular complexity index is 948. The molecule has 1 fully saturated rings. The molecule has 0 bridgehead atoms. The van der Waals surface area contributed by atoms with Crippen molar-refractivity contribution in [3.05, 3.63) is 34.9 Å². The lowest BCUT2D eigenvalue weighted by Gasteiger charge is -2.44. The van der Waals surface area contributed by atoms with Crippen LogP contribution in [0.3, 0.4) is 0 Å². The number of aryl methyl sites for hydroxylation is 2. The van der Waals surface area contributed by atoms with Gasteiger partial charge in [-0.2, -0.15) is 0 Å². The van der Waals surface area contributed by atoms with Gasteiger partial charge in [0.1, 0.15) is 17.7 Å². The summed E-state index contributed by atoms with van der Waals surface area (Å²) < 4.78 is 5.50. The SMILES string of the molecule is Cc1cccc(C)c1C(C(=O)NC1CCCCC1)N(C(=O)C(CC(C)C)NC(=O)OC(C)(C)C)C(C)(C)C. The molecule has 0 radical (unpaired) electrons. The first-order valence-corrected chi connectivity index (χ1v) is 14.2. The number of ether oxygens (including phenoxy) is 1. The Balaban J connectivity index is 2.58. The fourth-order valence-corrected chi connectivity index (χ4v) is 5.32. The topological polar surface area (TPSA) is 87.7 Å². The number of benzene rings is 1. The maximum atomic E-state index is 14.4. The van der Waals surface area contributed by atoms with E-state index in [2.05, 4.69) is 10.6 Å². The molecule has 3 amide bonds. The second kappa shape index (κ2) is 13.0. The number of nitrogens with zero attached hydrogens (tertiary/aromatic N) is 1. The highest BCUT2D eigenvalue weighted by atomic mass is 16.6. The first-order chi connectivity index (χ1) is 17.5. The van der Waals surface area contributed by atoms with Gasteiger partial charge in [-0.3, -0.25) is 9.59 Å². The Hall–Kier alpha value is -2.57. The van der Waals surface area contributed by atoms with Gasteiger partial charge in [-0.15, -0.1) is 0 Å². The molecule has 1 aliphatic carbocycles. The molecule has 1 aromatic carbocycles. The van der Waals surface area contributed by atoms with Gasteiger partial charge in [-0.1, -0.05) is 51.3 Å². The lowest BCUT2D eigenvalue weighted by Crippen LogP contribution is -2.59. The van der Waals surface area contributed by atoms with Crippen molar-refractivity contribution in [2.75, 3.05) is 0 Å². The summed E-state index contributed by atoms with van der Waals surface area (Å²) in [6.45, 7) is 19.2. The van der Waals surface area contributed by atoms with E-state index < -0.39 is 29.3 Å². The van der Waals surface area contributed by atoms with Gasteiger partial charge in [0.25, 0.3) is 0 Å². The summed E-state index contributed by atoms with van der Waals surface area (Å²) in [6, 6.07) is 4.38. The lowest BCUT2D eigenvalue weighted by atomic mass is 9.88. The summed E-state index contributed by atoms with van der Waals surface area (Å²) in [5.41, 5.74) is 1.35. The van der Waals surface area contributed by atoms with E-state index in [4.69, 9.17) is 4.74 Å². The smallest absolute Gasteiger partial charge is 0.408 e. The van der Waals surface area contributed by atoms with Gasteiger partial charge in [-0.25, -0.2) is 4.79 Å². The number of alkyl carbamates (subject to hydrolysis) is 1. The molecule has 1 saturated carbocycles. The highest BCUT2D eigenvalue weighted by Gasteiger charge is 2.43. The van der Waals surface area contributed by atoms with E-state index in [9.17, 15) is 14.4 Å². The third-order valence-corrected chi connectivity index (χ3v) is 6.93. The number of amides is 3. The minimum Gasteiger partial charge on any atom is -0.444 e. The van der Waals surface area contributed by atoms with Gasteiger partial charge in [0.2, 0.25) is 11.8 Å². The first kappa shape index (κ1) is 31.6. The molecule has 214 valence electrons. The molecule has 0 saturated heterocycles. The Morgan fingerprint density at radius 2 is 1.53 bits per heavy atom. The highest BCUT2D eigenvalue weighted by molar-refractivity contribution is 5.93. The summed E-state index contributed by atoms with van der Waals surface area (Å²) in [7, 11) is 0. The molecule has 2 rings (SSSR count). The van der Waals surface area contributed by atoms with Crippen LogP contribution in [0, 0.1) is 19.8 Å². The number of hydrogen-bond donors (Lipinski definition) is 2. The second-order valence-electron chi connectivity index (χ2n) is 13.3. The first-order valence-electron chi connectivity index (χ1n) is 14.2. The zero-order valence-electron chi connectivity index (χ0n) is 25.4. The van der Waals surface area contributed by atoms with E-state index in [-0.39, 0.29) is 23.8 Å². The third kappa shape index (κ3) is 9.02. The average Bonchev–Trinajstić information content (AvgIpc) is 2.75. The van der Waals surface area contributed by atoms with Crippen LogP contribution in [0.1, 0.15) is 117 Å². The summed E-state index contributed by atoms with van der Waals surface area (Å²) in [5.74, 6) is -0.322. The molecule has 0 spiro atoms. The monoisotopic (exact) mass is 529 g/mol. The Morgan fingerprint density at radius 3 is 2.00 bits per heavy atom. The van der Waals surface area contributed by atoms with Crippen LogP contribution < -0.4 is 10.6 Å². The van der Waals surface area contributed by atoms with Crippen LogP contribution >= 0.6 is 0 Å². The van der Waals surface area contributed by atoms with E-state index in [0.717, 1.165) is 42.4 Å². The molecule has 7 nitrogen and oxygen atoms in total. The maximum Gasteiger partial charge on any atom is 0.408 e. The lowest BCUT2D eigenvalue weighted by molar-refractivity contribution is -0.149. The molecule has 38 heavy (non-hydrogen) atoms. The quantitative estimate of drug-likeness (QED) is 0.410. The molecule has 2 N–H and O–H groups in total. The van der Waals surface area contributed by atoms with Crippen LogP contribution in [-0.2, 0) is 14.3 Å². The third-order valence-electron chi connectivity index (χ3n) is 6.93. The normalized spacial score (nSPS) is 16.5. The fourth-order valence-electron chi connectivity index (χ4n) is 5.32. The number of carbonyl (C=O) groups is 3. The molecule has 7 heteroatoms. The van der Waals surface area contributed by atoms with Crippen molar-refractivity contribution in [2.45, 2.75) is 137 Å². The van der Waals surface area contributed by atoms with Gasteiger partial charge < -0.3 is 20.3 Å². The molecule has 1 aromatic rings. The molecule has 0 heterocycles. The van der Waals surface area contributed by atoms with E-state index in [1.54, 1.807) is 25.7 Å². The van der Waals surface area contributed by atoms with Crippen LogP contribution in [0.5, 0.6) is 0 Å². The standard InChI is InChI=1S/C31H51N3O4/c1-20(2)19-24(33-29(37)38-31(8,9)10)28(36)34(30(5,6)7)26(25-21(3)15-14-16-22(25)4)27(35)32-23-17-12-11-13-18-23/h14-16,20,23-24,26H,11-13,17-19H2,1-10H3,(H,32,35)(H,33,37). The maximum absolute atomic E-state index is 14.4. The van der Waals surface area contributed by atoms with E-state index >= 15 is 0 Å². The average molecular weight is 530 g/mol. The van der Waals surface area contributed by atoms with E-state index in [0.29, 0.717) is 6.42 Å². The van der Waals surface area contributed by atoms with Crippen molar-refractivity contribution >= 4 is 17.9 Å². The zero-order chi connectivity index (χ0) is 28.8. The Morgan fingerprint density at radius 1 is 0.974 bits per heavy atom. The van der Waals surface area contributed by atoms with Crippen molar-refractivity contribution in [3.63, 3.8) is 0 Å². The van der Waals surface area contributed by atoms with Gasteiger partial charge >= 0.3 is 6.09 Å². The molecule has 0 aliphatic heterocycles. The minimum absolute atomic E-state index is 0.103. The number of carbonyl (C=O) groups excluding carboxylic acids is 3. The van der Waals surface area contributed by atoms with Gasteiger partial charge in [0, 0.05) is 11.6 Å². The Kier molecular flexibility index (Phi) is 10.8. The molecule has 0 aromatic heterocycles. The van der Waals surface area contributed by atoms with Crippen LogP contribution in [0.25, 0.3) is 0 Å². The van der Waals surface area contributed by atoms with E-state index in [1.165, 1.54) is 6.42 Å². The van der Waals surface area contributed by atoms with Crippen LogP contribution in [-0.4, -0.2) is 46.0 Å². The minimum atomic E-state index is -0.835. The zero-order valence-corrected chi connectivity index (χ0v) is 25.4. The number of nitrogens with one attached hydrogen (secondary N) is 2. The van der Waals surface area contributed by atoms with Crippen molar-refractivity contribution in [1.82, 2.24) is 15.5 Å². The van der Waals surface area contributed by atoms with Gasteiger partial charge in [-0.05, 0) is 97.3 Å². The number of rotatable bonds is 8. The molecular formula is C31H51N3O4. The fraction of sp³-hybridized carbons (Fsp3) is 0.710. The van der Waals surface area contributed by atoms with Gasteiger partial charge in [0.05, 0.1) is 0 Å².